The Morgan fingerprint density at radius 1 is 1.30 bits per heavy atom. The number of carbonyl (C=O) groups excluding carboxylic acids is 1. The van der Waals surface area contributed by atoms with Gasteiger partial charge in [0.25, 0.3) is 5.91 Å². The number of aryl methyl sites for hydroxylation is 2. The predicted octanol–water partition coefficient (Wildman–Crippen LogP) is 4.67. The monoisotopic (exact) mass is 293 g/mol. The first-order valence-electron chi connectivity index (χ1n) is 8.06. The molecule has 1 saturated carbocycles. The van der Waals surface area contributed by atoms with Crippen LogP contribution in [0.3, 0.4) is 0 Å². The maximum absolute atomic E-state index is 12.7. The van der Waals surface area contributed by atoms with E-state index in [1.165, 1.54) is 42.5 Å². The van der Waals surface area contributed by atoms with Crippen LogP contribution < -0.4 is 0 Å². The van der Waals surface area contributed by atoms with Crippen LogP contribution in [0.4, 0.5) is 0 Å². The van der Waals surface area contributed by atoms with Gasteiger partial charge in [0.2, 0.25) is 0 Å². The van der Waals surface area contributed by atoms with Crippen molar-refractivity contribution in [1.29, 1.82) is 0 Å². The third kappa shape index (κ3) is 3.43. The van der Waals surface area contributed by atoms with Gasteiger partial charge in [-0.05, 0) is 37.3 Å². The van der Waals surface area contributed by atoms with Crippen LogP contribution >= 0.6 is 11.3 Å². The second-order valence-electron chi connectivity index (χ2n) is 5.87. The number of hydrogen-bond acceptors (Lipinski definition) is 2. The van der Waals surface area contributed by atoms with Gasteiger partial charge in [-0.25, -0.2) is 0 Å². The van der Waals surface area contributed by atoms with Crippen LogP contribution in [0.15, 0.2) is 6.07 Å². The Labute approximate surface area is 127 Å². The molecular formula is C17H27NOS. The summed E-state index contributed by atoms with van der Waals surface area (Å²) in [4.78, 5) is 17.0. The molecule has 1 aliphatic carbocycles. The third-order valence-corrected chi connectivity index (χ3v) is 5.63. The van der Waals surface area contributed by atoms with E-state index in [0.29, 0.717) is 6.04 Å². The van der Waals surface area contributed by atoms with Crippen molar-refractivity contribution in [1.82, 2.24) is 4.90 Å². The van der Waals surface area contributed by atoms with Crippen LogP contribution in [0.1, 0.15) is 72.5 Å². The standard InChI is InChI=1S/C17H27NOS/c1-4-9-15-13(5-2)12-16(20-15)17(19)18(3)14-10-7-6-8-11-14/h12,14H,4-11H2,1-3H3. The largest absolute Gasteiger partial charge is 0.338 e. The molecule has 0 atom stereocenters. The first kappa shape index (κ1) is 15.6. The molecule has 112 valence electrons. The van der Waals surface area contributed by atoms with Gasteiger partial charge in [0, 0.05) is 18.0 Å². The van der Waals surface area contributed by atoms with Crippen molar-refractivity contribution < 1.29 is 4.79 Å². The summed E-state index contributed by atoms with van der Waals surface area (Å²) in [7, 11) is 1.99. The molecule has 0 radical (unpaired) electrons. The minimum absolute atomic E-state index is 0.235. The molecule has 20 heavy (non-hydrogen) atoms. The molecular weight excluding hydrogens is 266 g/mol. The van der Waals surface area contributed by atoms with Crippen LogP contribution in [0.2, 0.25) is 0 Å². The molecule has 2 rings (SSSR count). The zero-order chi connectivity index (χ0) is 14.5. The van der Waals surface area contributed by atoms with Crippen LogP contribution in [-0.2, 0) is 12.8 Å². The molecule has 0 aliphatic heterocycles. The number of thiophene rings is 1. The van der Waals surface area contributed by atoms with E-state index in [9.17, 15) is 4.79 Å². The average Bonchev–Trinajstić information content (AvgIpc) is 2.90. The summed E-state index contributed by atoms with van der Waals surface area (Å²) in [6.45, 7) is 4.38. The van der Waals surface area contributed by atoms with Crippen molar-refractivity contribution in [2.24, 2.45) is 0 Å². The quantitative estimate of drug-likeness (QED) is 0.772. The molecule has 1 aliphatic rings. The smallest absolute Gasteiger partial charge is 0.263 e. The van der Waals surface area contributed by atoms with E-state index in [0.717, 1.165) is 24.1 Å². The van der Waals surface area contributed by atoms with Crippen LogP contribution in [-0.4, -0.2) is 23.9 Å². The van der Waals surface area contributed by atoms with E-state index in [1.807, 2.05) is 11.9 Å². The summed E-state index contributed by atoms with van der Waals surface area (Å²) in [6, 6.07) is 2.59. The molecule has 1 amide bonds. The van der Waals surface area contributed by atoms with Crippen molar-refractivity contribution in [3.8, 4) is 0 Å². The summed E-state index contributed by atoms with van der Waals surface area (Å²) < 4.78 is 0. The fraction of sp³-hybridized carbons (Fsp3) is 0.706. The zero-order valence-corrected chi connectivity index (χ0v) is 13.9. The molecule has 1 aromatic heterocycles. The topological polar surface area (TPSA) is 20.3 Å². The van der Waals surface area contributed by atoms with Gasteiger partial charge in [-0.15, -0.1) is 11.3 Å². The zero-order valence-electron chi connectivity index (χ0n) is 13.1. The number of hydrogen-bond donors (Lipinski definition) is 0. The SMILES string of the molecule is CCCc1sc(C(=O)N(C)C2CCCCC2)cc1CC. The van der Waals surface area contributed by atoms with E-state index >= 15 is 0 Å². The first-order chi connectivity index (χ1) is 9.67. The van der Waals surface area contributed by atoms with E-state index in [-0.39, 0.29) is 5.91 Å². The highest BCUT2D eigenvalue weighted by Crippen LogP contribution is 2.28. The Kier molecular flexibility index (Phi) is 5.64. The Hall–Kier alpha value is -0.830. The number of carbonyl (C=O) groups is 1. The van der Waals surface area contributed by atoms with Crippen molar-refractivity contribution >= 4 is 17.2 Å². The maximum atomic E-state index is 12.7. The predicted molar refractivity (Wildman–Crippen MR) is 86.7 cm³/mol. The number of amides is 1. The molecule has 0 unspecified atom stereocenters. The highest BCUT2D eigenvalue weighted by Gasteiger charge is 2.24. The lowest BCUT2D eigenvalue weighted by Gasteiger charge is -2.30. The van der Waals surface area contributed by atoms with E-state index in [2.05, 4.69) is 19.9 Å². The lowest BCUT2D eigenvalue weighted by atomic mass is 9.94. The van der Waals surface area contributed by atoms with Gasteiger partial charge >= 0.3 is 0 Å². The lowest BCUT2D eigenvalue weighted by molar-refractivity contribution is 0.0701. The Bertz CT molecular complexity index is 446. The fourth-order valence-electron chi connectivity index (χ4n) is 3.12. The third-order valence-electron chi connectivity index (χ3n) is 4.41. The molecule has 0 N–H and O–H groups in total. The fourth-order valence-corrected chi connectivity index (χ4v) is 4.46. The number of nitrogens with zero attached hydrogens (tertiary/aromatic N) is 1. The molecule has 1 aromatic rings. The highest BCUT2D eigenvalue weighted by atomic mass is 32.1. The minimum Gasteiger partial charge on any atom is -0.338 e. The van der Waals surface area contributed by atoms with Gasteiger partial charge in [-0.2, -0.15) is 0 Å². The highest BCUT2D eigenvalue weighted by molar-refractivity contribution is 7.14. The van der Waals surface area contributed by atoms with Crippen LogP contribution in [0.25, 0.3) is 0 Å². The van der Waals surface area contributed by atoms with Gasteiger partial charge < -0.3 is 4.90 Å². The van der Waals surface area contributed by atoms with Crippen LogP contribution in [0, 0.1) is 0 Å². The molecule has 0 aromatic carbocycles. The van der Waals surface area contributed by atoms with E-state index in [1.54, 1.807) is 11.3 Å². The molecule has 0 bridgehead atoms. The first-order valence-corrected chi connectivity index (χ1v) is 8.87. The maximum Gasteiger partial charge on any atom is 0.263 e. The Morgan fingerprint density at radius 2 is 2.00 bits per heavy atom. The van der Waals surface area contributed by atoms with Crippen molar-refractivity contribution in [2.75, 3.05) is 7.05 Å². The Balaban J connectivity index is 2.11. The summed E-state index contributed by atoms with van der Waals surface area (Å²) >= 11 is 1.72. The van der Waals surface area contributed by atoms with Gasteiger partial charge in [0.15, 0.2) is 0 Å². The Morgan fingerprint density at radius 3 is 2.60 bits per heavy atom. The van der Waals surface area contributed by atoms with Gasteiger partial charge in [-0.1, -0.05) is 39.5 Å². The summed E-state index contributed by atoms with van der Waals surface area (Å²) in [5, 5.41) is 0. The van der Waals surface area contributed by atoms with Gasteiger partial charge in [-0.3, -0.25) is 4.79 Å². The average molecular weight is 293 g/mol. The molecule has 1 heterocycles. The van der Waals surface area contributed by atoms with Gasteiger partial charge in [0.05, 0.1) is 4.88 Å². The molecule has 1 fully saturated rings. The van der Waals surface area contributed by atoms with Gasteiger partial charge in [0.1, 0.15) is 0 Å². The van der Waals surface area contributed by atoms with Crippen molar-refractivity contribution in [3.63, 3.8) is 0 Å². The summed E-state index contributed by atoms with van der Waals surface area (Å²) in [5.74, 6) is 0.235. The molecule has 2 nitrogen and oxygen atoms in total. The van der Waals surface area contributed by atoms with E-state index in [4.69, 9.17) is 0 Å². The van der Waals surface area contributed by atoms with E-state index < -0.39 is 0 Å². The van der Waals surface area contributed by atoms with Crippen molar-refractivity contribution in [3.05, 3.63) is 21.4 Å². The summed E-state index contributed by atoms with van der Waals surface area (Å²) in [6.07, 6.45) is 9.52. The summed E-state index contributed by atoms with van der Waals surface area (Å²) in [5.41, 5.74) is 1.37. The second kappa shape index (κ2) is 7.26. The lowest BCUT2D eigenvalue weighted by Crippen LogP contribution is -2.37. The molecule has 3 heteroatoms. The molecule has 0 spiro atoms. The minimum atomic E-state index is 0.235. The van der Waals surface area contributed by atoms with Crippen molar-refractivity contribution in [2.45, 2.75) is 71.3 Å². The number of rotatable bonds is 5. The molecule has 0 saturated heterocycles. The second-order valence-corrected chi connectivity index (χ2v) is 7.01. The van der Waals surface area contributed by atoms with Crippen LogP contribution in [0.5, 0.6) is 0 Å². The normalized spacial score (nSPS) is 16.4.